The summed E-state index contributed by atoms with van der Waals surface area (Å²) in [5.74, 6) is 2.74. The highest BCUT2D eigenvalue weighted by atomic mass is 16.5. The van der Waals surface area contributed by atoms with Crippen LogP contribution in [0.5, 0.6) is 5.75 Å². The normalized spacial score (nSPS) is 16.1. The SMILES string of the molecule is COc1ccccc1-c1nc(C2CCN(CC(c3ccccc3)c3ccccc3)C2)n2ccccc12. The molecule has 1 saturated heterocycles. The van der Waals surface area contributed by atoms with Crippen LogP contribution >= 0.6 is 0 Å². The van der Waals surface area contributed by atoms with Crippen molar-refractivity contribution in [3.63, 3.8) is 0 Å². The zero-order valence-corrected chi connectivity index (χ0v) is 20.6. The number of rotatable bonds is 7. The fourth-order valence-corrected chi connectivity index (χ4v) is 5.63. The van der Waals surface area contributed by atoms with Crippen LogP contribution in [0.3, 0.4) is 0 Å². The van der Waals surface area contributed by atoms with E-state index in [-0.39, 0.29) is 0 Å². The summed E-state index contributed by atoms with van der Waals surface area (Å²) in [5, 5.41) is 0. The zero-order chi connectivity index (χ0) is 24.3. The molecule has 180 valence electrons. The van der Waals surface area contributed by atoms with Crippen LogP contribution in [0.4, 0.5) is 0 Å². The van der Waals surface area contributed by atoms with Gasteiger partial charge < -0.3 is 14.0 Å². The van der Waals surface area contributed by atoms with Crippen molar-refractivity contribution in [2.24, 2.45) is 0 Å². The summed E-state index contributed by atoms with van der Waals surface area (Å²) < 4.78 is 7.95. The summed E-state index contributed by atoms with van der Waals surface area (Å²) in [6.07, 6.45) is 3.26. The minimum absolute atomic E-state index is 0.354. The van der Waals surface area contributed by atoms with Crippen molar-refractivity contribution in [2.45, 2.75) is 18.3 Å². The Morgan fingerprint density at radius 3 is 2.22 bits per heavy atom. The molecule has 4 heteroatoms. The van der Waals surface area contributed by atoms with Gasteiger partial charge in [-0.25, -0.2) is 4.98 Å². The molecular formula is C32H31N3O. The largest absolute Gasteiger partial charge is 0.496 e. The summed E-state index contributed by atoms with van der Waals surface area (Å²) in [6, 6.07) is 36.3. The molecule has 36 heavy (non-hydrogen) atoms. The van der Waals surface area contributed by atoms with Crippen LogP contribution in [0.2, 0.25) is 0 Å². The molecular weight excluding hydrogens is 442 g/mol. The number of benzene rings is 3. The predicted molar refractivity (Wildman–Crippen MR) is 146 cm³/mol. The number of nitrogens with zero attached hydrogens (tertiary/aromatic N) is 3. The van der Waals surface area contributed by atoms with Gasteiger partial charge in [-0.1, -0.05) is 78.9 Å². The van der Waals surface area contributed by atoms with Gasteiger partial charge in [-0.2, -0.15) is 0 Å². The van der Waals surface area contributed by atoms with Gasteiger partial charge >= 0.3 is 0 Å². The predicted octanol–water partition coefficient (Wildman–Crippen LogP) is 6.63. The minimum Gasteiger partial charge on any atom is -0.496 e. The number of aromatic nitrogens is 2. The zero-order valence-electron chi connectivity index (χ0n) is 20.6. The van der Waals surface area contributed by atoms with Crippen LogP contribution in [0.15, 0.2) is 109 Å². The summed E-state index contributed by atoms with van der Waals surface area (Å²) in [7, 11) is 1.72. The molecule has 0 saturated carbocycles. The maximum atomic E-state index is 5.67. The van der Waals surface area contributed by atoms with Crippen LogP contribution in [0.25, 0.3) is 16.8 Å². The maximum Gasteiger partial charge on any atom is 0.128 e. The number of para-hydroxylation sites is 1. The first kappa shape index (κ1) is 22.6. The van der Waals surface area contributed by atoms with Crippen LogP contribution in [-0.2, 0) is 0 Å². The number of fused-ring (bicyclic) bond motifs is 1. The number of pyridine rings is 1. The van der Waals surface area contributed by atoms with E-state index in [0.717, 1.165) is 54.4 Å². The van der Waals surface area contributed by atoms with E-state index >= 15 is 0 Å². The highest BCUT2D eigenvalue weighted by Gasteiger charge is 2.30. The molecule has 1 atom stereocenters. The number of hydrogen-bond acceptors (Lipinski definition) is 3. The summed E-state index contributed by atoms with van der Waals surface area (Å²) in [4.78, 5) is 7.85. The van der Waals surface area contributed by atoms with E-state index in [1.54, 1.807) is 7.11 Å². The van der Waals surface area contributed by atoms with Gasteiger partial charge in [0.25, 0.3) is 0 Å². The van der Waals surface area contributed by atoms with Crippen molar-refractivity contribution in [2.75, 3.05) is 26.7 Å². The quantitative estimate of drug-likeness (QED) is 0.266. The Morgan fingerprint density at radius 1 is 0.833 bits per heavy atom. The first-order chi connectivity index (χ1) is 17.8. The number of likely N-dealkylation sites (tertiary alicyclic amines) is 1. The average molecular weight is 474 g/mol. The molecule has 3 heterocycles. The van der Waals surface area contributed by atoms with Crippen LogP contribution < -0.4 is 4.74 Å². The molecule has 5 aromatic rings. The third-order valence-electron chi connectivity index (χ3n) is 7.42. The fourth-order valence-electron chi connectivity index (χ4n) is 5.63. The van der Waals surface area contributed by atoms with Gasteiger partial charge in [0, 0.05) is 36.7 Å². The van der Waals surface area contributed by atoms with E-state index in [2.05, 4.69) is 106 Å². The number of hydrogen-bond donors (Lipinski definition) is 0. The number of ether oxygens (including phenoxy) is 1. The lowest BCUT2D eigenvalue weighted by atomic mass is 9.91. The Labute approximate surface area is 212 Å². The molecule has 1 aliphatic rings. The van der Waals surface area contributed by atoms with Crippen molar-refractivity contribution < 1.29 is 4.74 Å². The second-order valence-corrected chi connectivity index (χ2v) is 9.59. The molecule has 0 bridgehead atoms. The fraction of sp³-hybridized carbons (Fsp3) is 0.219. The number of imidazole rings is 1. The Kier molecular flexibility index (Phi) is 6.27. The Balaban J connectivity index is 1.30. The van der Waals surface area contributed by atoms with Gasteiger partial charge in [0.15, 0.2) is 0 Å². The number of methoxy groups -OCH3 is 1. The Bertz CT molecular complexity index is 1410. The molecule has 1 aliphatic heterocycles. The molecule has 2 aromatic heterocycles. The van der Waals surface area contributed by atoms with E-state index in [9.17, 15) is 0 Å². The van der Waals surface area contributed by atoms with Gasteiger partial charge in [-0.05, 0) is 48.4 Å². The molecule has 4 nitrogen and oxygen atoms in total. The van der Waals surface area contributed by atoms with E-state index in [1.807, 2.05) is 12.1 Å². The lowest BCUT2D eigenvalue weighted by Gasteiger charge is -2.25. The van der Waals surface area contributed by atoms with Crippen LogP contribution in [0, 0.1) is 0 Å². The van der Waals surface area contributed by atoms with Gasteiger partial charge in [0.1, 0.15) is 17.3 Å². The highest BCUT2D eigenvalue weighted by molar-refractivity contribution is 5.81. The van der Waals surface area contributed by atoms with Crippen LogP contribution in [-0.4, -0.2) is 41.0 Å². The van der Waals surface area contributed by atoms with Gasteiger partial charge in [0.05, 0.1) is 12.6 Å². The summed E-state index contributed by atoms with van der Waals surface area (Å²) in [5.41, 5.74) is 5.90. The Hall–Kier alpha value is -3.89. The van der Waals surface area contributed by atoms with Gasteiger partial charge in [0.2, 0.25) is 0 Å². The Morgan fingerprint density at radius 2 is 1.50 bits per heavy atom. The second-order valence-electron chi connectivity index (χ2n) is 9.59. The molecule has 3 aromatic carbocycles. The van der Waals surface area contributed by atoms with Crippen LogP contribution in [0.1, 0.15) is 35.2 Å². The van der Waals surface area contributed by atoms with Crippen molar-refractivity contribution >= 4 is 5.52 Å². The molecule has 0 aliphatic carbocycles. The molecule has 6 rings (SSSR count). The standard InChI is InChI=1S/C32H31N3O/c1-36-30-18-9-8-16-27(30)31-29-17-10-11-20-35(29)32(33-31)26-19-21-34(22-26)23-28(24-12-4-2-5-13-24)25-14-6-3-7-15-25/h2-18,20,26,28H,19,21-23H2,1H3. The molecule has 0 amide bonds. The van der Waals surface area contributed by atoms with Crippen molar-refractivity contribution in [3.8, 4) is 17.0 Å². The summed E-state index contributed by atoms with van der Waals surface area (Å²) in [6.45, 7) is 3.09. The van der Waals surface area contributed by atoms with E-state index in [4.69, 9.17) is 9.72 Å². The van der Waals surface area contributed by atoms with E-state index in [1.165, 1.54) is 11.1 Å². The monoisotopic (exact) mass is 473 g/mol. The van der Waals surface area contributed by atoms with Crippen molar-refractivity contribution in [1.82, 2.24) is 14.3 Å². The first-order valence-electron chi connectivity index (χ1n) is 12.7. The first-order valence-corrected chi connectivity index (χ1v) is 12.7. The van der Waals surface area contributed by atoms with E-state index in [0.29, 0.717) is 11.8 Å². The van der Waals surface area contributed by atoms with Gasteiger partial charge in [-0.15, -0.1) is 0 Å². The third kappa shape index (κ3) is 4.29. The van der Waals surface area contributed by atoms with Crippen molar-refractivity contribution in [3.05, 3.63) is 126 Å². The molecule has 1 unspecified atom stereocenters. The lowest BCUT2D eigenvalue weighted by molar-refractivity contribution is 0.322. The van der Waals surface area contributed by atoms with Crippen molar-refractivity contribution in [1.29, 1.82) is 0 Å². The van der Waals surface area contributed by atoms with Gasteiger partial charge in [-0.3, -0.25) is 0 Å². The molecule has 0 radical (unpaired) electrons. The van der Waals surface area contributed by atoms with E-state index < -0.39 is 0 Å². The smallest absolute Gasteiger partial charge is 0.128 e. The maximum absolute atomic E-state index is 5.67. The molecule has 0 N–H and O–H groups in total. The molecule has 1 fully saturated rings. The molecule has 0 spiro atoms. The summed E-state index contributed by atoms with van der Waals surface area (Å²) >= 11 is 0. The minimum atomic E-state index is 0.354. The average Bonchev–Trinajstić information content (AvgIpc) is 3.57. The second kappa shape index (κ2) is 10.00. The lowest BCUT2D eigenvalue weighted by Crippen LogP contribution is -2.27. The third-order valence-corrected chi connectivity index (χ3v) is 7.42. The topological polar surface area (TPSA) is 29.8 Å². The highest BCUT2D eigenvalue weighted by Crippen LogP contribution is 2.37.